The number of esters is 1. The number of rotatable bonds is 2. The standard InChI is InChI=1S/C14H23NO5/c1-12(2,3)20-10(16)13(4-5-13)14(19)6-8-15(9-7-14)11(17)18/h19H,4-9H2,1-3H3,(H,17,18). The molecule has 2 N–H and O–H groups in total. The summed E-state index contributed by atoms with van der Waals surface area (Å²) in [5.41, 5.74) is -2.54. The van der Waals surface area contributed by atoms with Gasteiger partial charge in [0.25, 0.3) is 0 Å². The van der Waals surface area contributed by atoms with Crippen LogP contribution in [-0.2, 0) is 9.53 Å². The fourth-order valence-electron chi connectivity index (χ4n) is 2.91. The summed E-state index contributed by atoms with van der Waals surface area (Å²) in [5.74, 6) is -0.351. The Bertz CT molecular complexity index is 414. The van der Waals surface area contributed by atoms with Gasteiger partial charge in [-0.05, 0) is 46.5 Å². The van der Waals surface area contributed by atoms with Crippen molar-refractivity contribution in [1.29, 1.82) is 0 Å². The van der Waals surface area contributed by atoms with Gasteiger partial charge in [-0.25, -0.2) is 4.79 Å². The number of piperidine rings is 1. The molecule has 0 radical (unpaired) electrons. The average Bonchev–Trinajstić information content (AvgIpc) is 3.08. The molecule has 0 bridgehead atoms. The number of carbonyl (C=O) groups is 2. The zero-order chi connectivity index (χ0) is 15.2. The van der Waals surface area contributed by atoms with Gasteiger partial charge < -0.3 is 19.8 Å². The van der Waals surface area contributed by atoms with Crippen LogP contribution in [0.4, 0.5) is 4.79 Å². The maximum atomic E-state index is 12.4. The second-order valence-electron chi connectivity index (χ2n) is 6.89. The number of carbonyl (C=O) groups excluding carboxylic acids is 1. The van der Waals surface area contributed by atoms with E-state index in [1.807, 2.05) is 0 Å². The summed E-state index contributed by atoms with van der Waals surface area (Å²) in [6.45, 7) is 5.93. The SMILES string of the molecule is CC(C)(C)OC(=O)C1(C2(O)CCN(C(=O)O)CC2)CC1. The first-order chi connectivity index (χ1) is 9.10. The summed E-state index contributed by atoms with van der Waals surface area (Å²) in [6.07, 6.45) is 0.836. The number of nitrogens with zero attached hydrogens (tertiary/aromatic N) is 1. The van der Waals surface area contributed by atoms with Gasteiger partial charge in [0, 0.05) is 13.1 Å². The Morgan fingerprint density at radius 2 is 1.60 bits per heavy atom. The Morgan fingerprint density at radius 1 is 1.10 bits per heavy atom. The van der Waals surface area contributed by atoms with Crippen LogP contribution in [0, 0.1) is 5.41 Å². The summed E-state index contributed by atoms with van der Waals surface area (Å²) in [6, 6.07) is 0. The highest BCUT2D eigenvalue weighted by molar-refractivity contribution is 5.82. The zero-order valence-corrected chi connectivity index (χ0v) is 12.3. The molecule has 0 aromatic carbocycles. The van der Waals surface area contributed by atoms with E-state index in [9.17, 15) is 14.7 Å². The monoisotopic (exact) mass is 285 g/mol. The second-order valence-corrected chi connectivity index (χ2v) is 6.89. The van der Waals surface area contributed by atoms with Crippen LogP contribution in [0.3, 0.4) is 0 Å². The van der Waals surface area contributed by atoms with Gasteiger partial charge in [0.15, 0.2) is 0 Å². The summed E-state index contributed by atoms with van der Waals surface area (Å²) < 4.78 is 5.43. The smallest absolute Gasteiger partial charge is 0.407 e. The van der Waals surface area contributed by atoms with Gasteiger partial charge in [0.1, 0.15) is 5.60 Å². The van der Waals surface area contributed by atoms with Gasteiger partial charge in [-0.3, -0.25) is 4.79 Å². The molecule has 0 unspecified atom stereocenters. The van der Waals surface area contributed by atoms with Crippen LogP contribution in [0.5, 0.6) is 0 Å². The lowest BCUT2D eigenvalue weighted by atomic mass is 9.76. The van der Waals surface area contributed by atoms with E-state index in [1.165, 1.54) is 4.90 Å². The lowest BCUT2D eigenvalue weighted by Crippen LogP contribution is -2.54. The normalized spacial score (nSPS) is 24.1. The van der Waals surface area contributed by atoms with E-state index in [0.29, 0.717) is 25.7 Å². The molecule has 1 aliphatic heterocycles. The third-order valence-corrected chi connectivity index (χ3v) is 4.29. The lowest BCUT2D eigenvalue weighted by molar-refractivity contribution is -0.177. The van der Waals surface area contributed by atoms with Crippen molar-refractivity contribution in [1.82, 2.24) is 4.90 Å². The maximum absolute atomic E-state index is 12.4. The molecule has 114 valence electrons. The number of likely N-dealkylation sites (tertiary alicyclic amines) is 1. The molecule has 1 aliphatic carbocycles. The van der Waals surface area contributed by atoms with Crippen LogP contribution < -0.4 is 0 Å². The fraction of sp³-hybridized carbons (Fsp3) is 0.857. The molecule has 2 aliphatic rings. The molecule has 1 heterocycles. The summed E-state index contributed by atoms with van der Waals surface area (Å²) >= 11 is 0. The van der Waals surface area contributed by atoms with Crippen LogP contribution in [0.2, 0.25) is 0 Å². The lowest BCUT2D eigenvalue weighted by Gasteiger charge is -2.42. The molecule has 6 heteroatoms. The summed E-state index contributed by atoms with van der Waals surface area (Å²) in [7, 11) is 0. The maximum Gasteiger partial charge on any atom is 0.407 e. The Morgan fingerprint density at radius 3 is 1.95 bits per heavy atom. The van der Waals surface area contributed by atoms with E-state index in [-0.39, 0.29) is 19.1 Å². The summed E-state index contributed by atoms with van der Waals surface area (Å²) in [5, 5.41) is 19.7. The van der Waals surface area contributed by atoms with Crippen LogP contribution in [-0.4, -0.2) is 51.5 Å². The third-order valence-electron chi connectivity index (χ3n) is 4.29. The Hall–Kier alpha value is -1.30. The first kappa shape index (κ1) is 15.1. The van der Waals surface area contributed by atoms with E-state index in [4.69, 9.17) is 9.84 Å². The largest absolute Gasteiger partial charge is 0.465 e. The van der Waals surface area contributed by atoms with Gasteiger partial charge in [-0.15, -0.1) is 0 Å². The topological polar surface area (TPSA) is 87.1 Å². The molecule has 1 amide bonds. The van der Waals surface area contributed by atoms with Gasteiger partial charge in [-0.2, -0.15) is 0 Å². The van der Waals surface area contributed by atoms with E-state index in [2.05, 4.69) is 0 Å². The van der Waals surface area contributed by atoms with Crippen molar-refractivity contribution in [2.24, 2.45) is 5.41 Å². The molecule has 2 rings (SSSR count). The minimum absolute atomic E-state index is 0.260. The van der Waals surface area contributed by atoms with Gasteiger partial charge in [-0.1, -0.05) is 0 Å². The summed E-state index contributed by atoms with van der Waals surface area (Å²) in [4.78, 5) is 24.5. The van der Waals surface area contributed by atoms with Crippen molar-refractivity contribution in [2.75, 3.05) is 13.1 Å². The first-order valence-corrected chi connectivity index (χ1v) is 7.03. The van der Waals surface area contributed by atoms with Crippen molar-refractivity contribution in [3.05, 3.63) is 0 Å². The Kier molecular flexibility index (Phi) is 3.48. The fourth-order valence-corrected chi connectivity index (χ4v) is 2.91. The van der Waals surface area contributed by atoms with Crippen molar-refractivity contribution in [3.63, 3.8) is 0 Å². The molecule has 0 aromatic rings. The molecular weight excluding hydrogens is 262 g/mol. The van der Waals surface area contributed by atoms with E-state index < -0.39 is 22.7 Å². The van der Waals surface area contributed by atoms with E-state index in [1.54, 1.807) is 20.8 Å². The number of carboxylic acid groups (broad SMARTS) is 1. The van der Waals surface area contributed by atoms with Crippen molar-refractivity contribution >= 4 is 12.1 Å². The van der Waals surface area contributed by atoms with Crippen molar-refractivity contribution in [2.45, 2.75) is 57.7 Å². The molecule has 1 saturated carbocycles. The second kappa shape index (κ2) is 4.62. The molecule has 2 fully saturated rings. The number of aliphatic hydroxyl groups is 1. The molecule has 0 spiro atoms. The van der Waals surface area contributed by atoms with Crippen molar-refractivity contribution < 1.29 is 24.5 Å². The molecule has 0 aromatic heterocycles. The molecule has 20 heavy (non-hydrogen) atoms. The third kappa shape index (κ3) is 2.61. The van der Waals surface area contributed by atoms with Crippen LogP contribution in [0.25, 0.3) is 0 Å². The quantitative estimate of drug-likeness (QED) is 0.753. The van der Waals surface area contributed by atoms with Gasteiger partial charge in [0.05, 0.1) is 11.0 Å². The molecular formula is C14H23NO5. The number of hydrogen-bond donors (Lipinski definition) is 2. The highest BCUT2D eigenvalue weighted by atomic mass is 16.6. The van der Waals surface area contributed by atoms with Gasteiger partial charge in [0.2, 0.25) is 0 Å². The average molecular weight is 285 g/mol. The van der Waals surface area contributed by atoms with Crippen LogP contribution >= 0.6 is 0 Å². The van der Waals surface area contributed by atoms with E-state index in [0.717, 1.165) is 0 Å². The van der Waals surface area contributed by atoms with Crippen LogP contribution in [0.1, 0.15) is 46.5 Å². The van der Waals surface area contributed by atoms with Gasteiger partial charge >= 0.3 is 12.1 Å². The van der Waals surface area contributed by atoms with Crippen LogP contribution in [0.15, 0.2) is 0 Å². The Balaban J connectivity index is 2.07. The first-order valence-electron chi connectivity index (χ1n) is 7.03. The number of amides is 1. The minimum Gasteiger partial charge on any atom is -0.465 e. The highest BCUT2D eigenvalue weighted by Gasteiger charge is 2.65. The van der Waals surface area contributed by atoms with Crippen molar-refractivity contribution in [3.8, 4) is 0 Å². The highest BCUT2D eigenvalue weighted by Crippen LogP contribution is 2.58. The predicted octanol–water partition coefficient (Wildman–Crippen LogP) is 1.61. The van der Waals surface area contributed by atoms with E-state index >= 15 is 0 Å². The zero-order valence-electron chi connectivity index (χ0n) is 12.3. The minimum atomic E-state index is -1.14. The molecule has 0 atom stereocenters. The molecule has 1 saturated heterocycles. The predicted molar refractivity (Wildman–Crippen MR) is 71.3 cm³/mol. The Labute approximate surface area is 118 Å². The number of ether oxygens (including phenoxy) is 1. The molecule has 6 nitrogen and oxygen atoms in total. The number of hydrogen-bond acceptors (Lipinski definition) is 4.